The minimum Gasteiger partial charge on any atom is -0.352 e. The molecule has 1 amide bonds. The summed E-state index contributed by atoms with van der Waals surface area (Å²) in [5.74, 6) is -0.288. The zero-order chi connectivity index (χ0) is 19.6. The van der Waals surface area contributed by atoms with Crippen molar-refractivity contribution in [2.75, 3.05) is 10.8 Å². The molecule has 144 valence electrons. The molecule has 1 atom stereocenters. The topological polar surface area (TPSA) is 66.5 Å². The molecule has 27 heavy (non-hydrogen) atoms. The second-order valence-corrected chi connectivity index (χ2v) is 8.80. The smallest absolute Gasteiger partial charge is 0.265 e. The third-order valence-electron chi connectivity index (χ3n) is 4.90. The summed E-state index contributed by atoms with van der Waals surface area (Å²) in [7, 11) is -3.79. The van der Waals surface area contributed by atoms with Crippen LogP contribution in [0.4, 0.5) is 5.69 Å². The number of aryl methyl sites for hydroxylation is 1. The Bertz CT molecular complexity index is 954. The second kappa shape index (κ2) is 7.72. The van der Waals surface area contributed by atoms with Crippen LogP contribution in [0.2, 0.25) is 0 Å². The van der Waals surface area contributed by atoms with E-state index in [4.69, 9.17) is 0 Å². The maximum Gasteiger partial charge on any atom is 0.265 e. The number of sulfonamides is 1. The normalized spacial score (nSPS) is 15.6. The molecule has 1 heterocycles. The van der Waals surface area contributed by atoms with Crippen molar-refractivity contribution in [3.8, 4) is 11.1 Å². The van der Waals surface area contributed by atoms with Gasteiger partial charge in [0.1, 0.15) is 6.54 Å². The highest BCUT2D eigenvalue weighted by atomic mass is 32.2. The fraction of sp³-hybridized carbons (Fsp3) is 0.381. The van der Waals surface area contributed by atoms with Crippen molar-refractivity contribution in [1.29, 1.82) is 0 Å². The lowest BCUT2D eigenvalue weighted by Gasteiger charge is -2.32. The van der Waals surface area contributed by atoms with E-state index in [9.17, 15) is 13.2 Å². The van der Waals surface area contributed by atoms with E-state index in [0.717, 1.165) is 30.4 Å². The van der Waals surface area contributed by atoms with Gasteiger partial charge in [0.25, 0.3) is 10.0 Å². The van der Waals surface area contributed by atoms with Crippen LogP contribution in [0.15, 0.2) is 47.4 Å². The van der Waals surface area contributed by atoms with Crippen LogP contribution in [0.25, 0.3) is 11.1 Å². The molecule has 5 nitrogen and oxygen atoms in total. The van der Waals surface area contributed by atoms with Gasteiger partial charge in [0.2, 0.25) is 5.91 Å². The van der Waals surface area contributed by atoms with Gasteiger partial charge in [0.05, 0.1) is 10.6 Å². The molecule has 3 rings (SSSR count). The van der Waals surface area contributed by atoms with Crippen molar-refractivity contribution in [2.24, 2.45) is 0 Å². The Morgan fingerprint density at radius 2 is 1.85 bits per heavy atom. The van der Waals surface area contributed by atoms with Gasteiger partial charge in [0.15, 0.2) is 0 Å². The number of hydrogen-bond donors (Lipinski definition) is 1. The fourth-order valence-electron chi connectivity index (χ4n) is 3.52. The van der Waals surface area contributed by atoms with Gasteiger partial charge in [-0.05, 0) is 43.5 Å². The maximum absolute atomic E-state index is 13.2. The Labute approximate surface area is 161 Å². The van der Waals surface area contributed by atoms with E-state index in [2.05, 4.69) is 19.2 Å². The summed E-state index contributed by atoms with van der Waals surface area (Å²) in [6, 6.07) is 12.8. The Morgan fingerprint density at radius 1 is 1.11 bits per heavy atom. The van der Waals surface area contributed by atoms with E-state index in [1.807, 2.05) is 37.3 Å². The summed E-state index contributed by atoms with van der Waals surface area (Å²) in [4.78, 5) is 12.8. The van der Waals surface area contributed by atoms with Crippen LogP contribution < -0.4 is 9.62 Å². The highest BCUT2D eigenvalue weighted by Gasteiger charge is 2.36. The minimum absolute atomic E-state index is 0.0178. The molecule has 0 aliphatic carbocycles. The van der Waals surface area contributed by atoms with E-state index in [1.54, 1.807) is 12.1 Å². The summed E-state index contributed by atoms with van der Waals surface area (Å²) in [6.45, 7) is 5.83. The van der Waals surface area contributed by atoms with Gasteiger partial charge in [0, 0.05) is 17.2 Å². The number of nitrogens with one attached hydrogen (secondary N) is 1. The van der Waals surface area contributed by atoms with Crippen LogP contribution in [-0.4, -0.2) is 26.9 Å². The Kier molecular flexibility index (Phi) is 5.56. The molecule has 1 aliphatic rings. The second-order valence-electron chi connectivity index (χ2n) is 6.97. The van der Waals surface area contributed by atoms with E-state index < -0.39 is 10.0 Å². The number of carbonyl (C=O) groups excluding carboxylic acids is 1. The van der Waals surface area contributed by atoms with Crippen LogP contribution in [-0.2, 0) is 21.2 Å². The molecular formula is C21H26N2O3S. The quantitative estimate of drug-likeness (QED) is 0.823. The molecule has 0 saturated heterocycles. The molecule has 2 aromatic carbocycles. The summed E-state index contributed by atoms with van der Waals surface area (Å²) >= 11 is 0. The van der Waals surface area contributed by atoms with E-state index >= 15 is 0 Å². The number of hydrogen-bond acceptors (Lipinski definition) is 3. The molecule has 1 N–H and O–H groups in total. The van der Waals surface area contributed by atoms with Gasteiger partial charge >= 0.3 is 0 Å². The van der Waals surface area contributed by atoms with Crippen LogP contribution in [0.5, 0.6) is 0 Å². The minimum atomic E-state index is -3.79. The molecule has 0 spiro atoms. The molecule has 1 aliphatic heterocycles. The highest BCUT2D eigenvalue weighted by molar-refractivity contribution is 7.93. The van der Waals surface area contributed by atoms with Crippen LogP contribution in [0, 0.1) is 0 Å². The molecule has 1 unspecified atom stereocenters. The predicted octanol–water partition coefficient (Wildman–Crippen LogP) is 3.73. The molecule has 0 saturated carbocycles. The van der Waals surface area contributed by atoms with Gasteiger partial charge < -0.3 is 5.32 Å². The average molecular weight is 387 g/mol. The number of benzene rings is 2. The molecule has 0 bridgehead atoms. The van der Waals surface area contributed by atoms with Gasteiger partial charge in [-0.25, -0.2) is 8.42 Å². The summed E-state index contributed by atoms with van der Waals surface area (Å²) in [6.07, 6.45) is 2.68. The third kappa shape index (κ3) is 3.72. The number of anilines is 1. The first-order valence-corrected chi connectivity index (χ1v) is 10.9. The van der Waals surface area contributed by atoms with Crippen LogP contribution >= 0.6 is 0 Å². The molecular weight excluding hydrogens is 360 g/mol. The largest absolute Gasteiger partial charge is 0.352 e. The summed E-state index contributed by atoms with van der Waals surface area (Å²) in [5, 5.41) is 2.90. The van der Waals surface area contributed by atoms with Crippen molar-refractivity contribution in [2.45, 2.75) is 51.0 Å². The average Bonchev–Trinajstić information content (AvgIpc) is 2.65. The van der Waals surface area contributed by atoms with Crippen molar-refractivity contribution in [1.82, 2.24) is 5.32 Å². The van der Waals surface area contributed by atoms with E-state index in [-0.39, 0.29) is 23.4 Å². The number of nitrogens with zero attached hydrogens (tertiary/aromatic N) is 1. The highest BCUT2D eigenvalue weighted by Crippen LogP contribution is 2.43. The van der Waals surface area contributed by atoms with Crippen molar-refractivity contribution < 1.29 is 13.2 Å². The maximum atomic E-state index is 13.2. The van der Waals surface area contributed by atoms with Crippen LogP contribution in [0.3, 0.4) is 0 Å². The van der Waals surface area contributed by atoms with Crippen LogP contribution in [0.1, 0.15) is 39.2 Å². The predicted molar refractivity (Wildman–Crippen MR) is 108 cm³/mol. The van der Waals surface area contributed by atoms with Gasteiger partial charge in [-0.3, -0.25) is 9.10 Å². The number of rotatable bonds is 6. The molecule has 0 aromatic heterocycles. The lowest BCUT2D eigenvalue weighted by molar-refractivity contribution is -0.120. The fourth-order valence-corrected chi connectivity index (χ4v) is 5.17. The lowest BCUT2D eigenvalue weighted by Crippen LogP contribution is -2.44. The third-order valence-corrected chi connectivity index (χ3v) is 6.72. The number of carbonyl (C=O) groups is 1. The SMILES string of the molecule is CCCC(C)NC(=O)CN1c2ccc(CC)cc2-c2ccccc2S1(=O)=O. The first-order chi connectivity index (χ1) is 12.9. The van der Waals surface area contributed by atoms with Gasteiger partial charge in [-0.15, -0.1) is 0 Å². The first kappa shape index (κ1) is 19.4. The standard InChI is InChI=1S/C21H26N2O3S/c1-4-8-15(3)22-21(24)14-23-19-12-11-16(5-2)13-18(19)17-9-6-7-10-20(17)27(23,25)26/h6-7,9-13,15H,4-5,8,14H2,1-3H3,(H,22,24). The molecule has 0 radical (unpaired) electrons. The van der Waals surface area contributed by atoms with Crippen molar-refractivity contribution in [3.05, 3.63) is 48.0 Å². The number of fused-ring (bicyclic) bond motifs is 3. The monoisotopic (exact) mass is 386 g/mol. The lowest BCUT2D eigenvalue weighted by atomic mass is 9.99. The summed E-state index contributed by atoms with van der Waals surface area (Å²) in [5.41, 5.74) is 3.24. The zero-order valence-electron chi connectivity index (χ0n) is 16.0. The first-order valence-electron chi connectivity index (χ1n) is 9.42. The van der Waals surface area contributed by atoms with E-state index in [1.165, 1.54) is 4.31 Å². The zero-order valence-corrected chi connectivity index (χ0v) is 16.8. The van der Waals surface area contributed by atoms with Gasteiger partial charge in [-0.1, -0.05) is 44.5 Å². The Hall–Kier alpha value is -2.34. The van der Waals surface area contributed by atoms with Crippen molar-refractivity contribution in [3.63, 3.8) is 0 Å². The van der Waals surface area contributed by atoms with Gasteiger partial charge in [-0.2, -0.15) is 0 Å². The molecule has 6 heteroatoms. The Morgan fingerprint density at radius 3 is 2.56 bits per heavy atom. The van der Waals surface area contributed by atoms with Crippen molar-refractivity contribution >= 4 is 21.6 Å². The molecule has 0 fully saturated rings. The number of amides is 1. The van der Waals surface area contributed by atoms with E-state index in [0.29, 0.717) is 11.3 Å². The molecule has 2 aromatic rings. The Balaban J connectivity index is 2.04. The summed E-state index contributed by atoms with van der Waals surface area (Å²) < 4.78 is 27.7.